The Morgan fingerprint density at radius 3 is 1.95 bits per heavy atom. The summed E-state index contributed by atoms with van der Waals surface area (Å²) < 4.78 is 20.3. The first-order valence-electron chi connectivity index (χ1n) is 30.5. The number of carbonyl (C=O) groups excluding carboxylic acids is 8. The SMILES string of the molecule is COCCCCCCCOc1ccc(N2CCN(c3ccc(C(=O)N[C@H]4CC(O)CNC(=O)C5C(O)C(C)CN5C(=O)C(C(O)CC(N)=O)NC(=O)C(C(O)C(O)c5ccc(O)c(OSOOO)c5)NC(=O)C5CC(O)CN5C(=O)C(C(C)O)NC4=O)cc3)CC2)cc1. The van der Waals surface area contributed by atoms with Crippen LogP contribution in [0.4, 0.5) is 11.4 Å². The second-order valence-corrected chi connectivity index (χ2v) is 23.9. The van der Waals surface area contributed by atoms with E-state index in [1.165, 1.54) is 19.1 Å². The molecule has 8 amide bonds. The first-order valence-corrected chi connectivity index (χ1v) is 31.2. The summed E-state index contributed by atoms with van der Waals surface area (Å²) in [6.45, 7) is 4.79. The number of aliphatic hydroxyl groups is 7. The normalized spacial score (nSPS) is 25.9. The molecule has 512 valence electrons. The molecule has 0 saturated carbocycles. The molecule has 33 heteroatoms. The lowest BCUT2D eigenvalue weighted by Crippen LogP contribution is -2.64. The number of carbonyl (C=O) groups is 8. The number of aliphatic hydroxyl groups excluding tert-OH is 7. The monoisotopic (exact) mass is 1330 g/mol. The summed E-state index contributed by atoms with van der Waals surface area (Å²) in [6, 6.07) is 5.18. The Morgan fingerprint density at radius 1 is 0.720 bits per heavy atom. The third-order valence-electron chi connectivity index (χ3n) is 16.7. The number of nitrogens with one attached hydrogen (secondary N) is 5. The predicted octanol–water partition coefficient (Wildman–Crippen LogP) is -2.63. The number of anilines is 2. The average molecular weight is 1330 g/mol. The molecular formula is C60H84N10O22S. The van der Waals surface area contributed by atoms with Gasteiger partial charge in [-0.1, -0.05) is 41.6 Å². The molecule has 13 unspecified atom stereocenters. The van der Waals surface area contributed by atoms with Gasteiger partial charge in [0, 0.05) is 95.2 Å². The van der Waals surface area contributed by atoms with Crippen LogP contribution in [-0.4, -0.2) is 242 Å². The number of methoxy groups -OCH3 is 1. The van der Waals surface area contributed by atoms with Crippen LogP contribution in [0.5, 0.6) is 17.2 Å². The molecule has 4 fully saturated rings. The van der Waals surface area contributed by atoms with Gasteiger partial charge in [-0.15, -0.1) is 0 Å². The number of rotatable bonds is 24. The number of fused-ring (bicyclic) bond motifs is 2. The third kappa shape index (κ3) is 19.5. The van der Waals surface area contributed by atoms with E-state index in [0.29, 0.717) is 32.8 Å². The lowest BCUT2D eigenvalue weighted by molar-refractivity contribution is -0.433. The van der Waals surface area contributed by atoms with Crippen LogP contribution in [0.25, 0.3) is 0 Å². The average Bonchev–Trinajstić information content (AvgIpc) is 1.78. The lowest BCUT2D eigenvalue weighted by atomic mass is 9.96. The number of benzene rings is 3. The molecule has 3 aromatic rings. The highest BCUT2D eigenvalue weighted by Crippen LogP contribution is 2.34. The van der Waals surface area contributed by atoms with E-state index >= 15 is 0 Å². The molecule has 93 heavy (non-hydrogen) atoms. The highest BCUT2D eigenvalue weighted by atomic mass is 32.2. The van der Waals surface area contributed by atoms with Crippen molar-refractivity contribution in [1.29, 1.82) is 0 Å². The Morgan fingerprint density at radius 2 is 1.32 bits per heavy atom. The Balaban J connectivity index is 1.13. The number of amides is 8. The molecule has 4 heterocycles. The van der Waals surface area contributed by atoms with Crippen molar-refractivity contribution in [3.8, 4) is 17.2 Å². The van der Waals surface area contributed by atoms with Crippen LogP contribution in [0.2, 0.25) is 0 Å². The molecule has 7 rings (SSSR count). The number of nitrogens with zero attached hydrogens (tertiary/aromatic N) is 4. The number of β-amino-alcohol motifs (C(OH)–C–C–N with tert-alkyl or cyclic N) is 1. The second kappa shape index (κ2) is 34.5. The van der Waals surface area contributed by atoms with Crippen LogP contribution >= 0.6 is 12.3 Å². The quantitative estimate of drug-likeness (QED) is 0.0189. The van der Waals surface area contributed by atoms with Crippen LogP contribution in [0, 0.1) is 5.92 Å². The van der Waals surface area contributed by atoms with Gasteiger partial charge in [-0.3, -0.25) is 38.4 Å². The first-order chi connectivity index (χ1) is 44.4. The number of unbranched alkanes of at least 4 members (excludes halogenated alkanes) is 4. The summed E-state index contributed by atoms with van der Waals surface area (Å²) in [5.41, 5.74) is 6.94. The van der Waals surface area contributed by atoms with Gasteiger partial charge in [-0.2, -0.15) is 0 Å². The van der Waals surface area contributed by atoms with Crippen molar-refractivity contribution in [3.05, 3.63) is 77.9 Å². The zero-order valence-electron chi connectivity index (χ0n) is 51.6. The Labute approximate surface area is 539 Å². The Kier molecular flexibility index (Phi) is 27.0. The van der Waals surface area contributed by atoms with E-state index in [2.05, 4.69) is 45.8 Å². The minimum Gasteiger partial charge on any atom is -0.504 e. The van der Waals surface area contributed by atoms with Gasteiger partial charge in [0.2, 0.25) is 41.4 Å². The molecule has 4 saturated heterocycles. The van der Waals surface area contributed by atoms with E-state index in [1.54, 1.807) is 19.2 Å². The molecule has 4 aliphatic rings. The van der Waals surface area contributed by atoms with Gasteiger partial charge in [-0.25, -0.2) is 5.26 Å². The zero-order chi connectivity index (χ0) is 67.6. The number of phenolic OH excluding ortho intramolecular Hbond substituents is 1. The van der Waals surface area contributed by atoms with E-state index in [9.17, 15) is 79.2 Å². The highest BCUT2D eigenvalue weighted by molar-refractivity contribution is 7.90. The number of primary amides is 1. The van der Waals surface area contributed by atoms with Gasteiger partial charge in [0.25, 0.3) is 18.2 Å². The zero-order valence-corrected chi connectivity index (χ0v) is 52.4. The topological polar surface area (TPSA) is 464 Å². The fraction of sp³-hybridized carbons (Fsp3) is 0.567. The maximum Gasteiger partial charge on any atom is 0.261 e. The maximum absolute atomic E-state index is 14.7. The van der Waals surface area contributed by atoms with Crippen LogP contribution in [0.3, 0.4) is 0 Å². The summed E-state index contributed by atoms with van der Waals surface area (Å²) in [4.78, 5) is 120. The molecule has 4 aliphatic heterocycles. The van der Waals surface area contributed by atoms with Crippen molar-refractivity contribution in [2.75, 3.05) is 75.9 Å². The van der Waals surface area contributed by atoms with Crippen LogP contribution < -0.4 is 51.0 Å². The van der Waals surface area contributed by atoms with Crippen molar-refractivity contribution >= 4 is 71.0 Å². The first kappa shape index (κ1) is 72.8. The molecule has 0 spiro atoms. The van der Waals surface area contributed by atoms with Crippen molar-refractivity contribution in [3.63, 3.8) is 0 Å². The standard InChI is InChI=1S/C60H84N10O22S/c1-32-30-70-50(51(32)77)58(84)62-29-38(72)26-41(63-54(80)34-9-12-36(13-10-34)67-19-21-68(22-20-67)37-14-16-40(17-15-37)89-24-8-6-4-5-7-23-88-3)55(81)64-47(33(2)71)59(85)69-31-39(73)27-42(69)56(82)66-49(57(83)65-48(60(70)86)44(75)28-46(61)76)53(79)52(78)35-11-18-43(74)45(25-35)90-93-92-91-87/h9-18,25,32-33,38-39,41-42,44,47-53,71-75,77-79,87H,4-8,19-24,26-31H2,1-3H3,(H2,61,76)(H,62,84)(H,63,80)(H,64,81)(H,65,83)(H,66,82)/t32?,33?,38?,39?,41-,42?,44?,47?,48?,49?,50?,51?,52?,53?/m0/s1. The predicted molar refractivity (Wildman–Crippen MR) is 329 cm³/mol. The van der Waals surface area contributed by atoms with Crippen LogP contribution in [-0.2, 0) is 47.7 Å². The largest absolute Gasteiger partial charge is 0.504 e. The lowest BCUT2D eigenvalue weighted by Gasteiger charge is -2.37. The molecule has 0 aromatic heterocycles. The summed E-state index contributed by atoms with van der Waals surface area (Å²) in [5.74, 6) is -11.0. The van der Waals surface area contributed by atoms with Gasteiger partial charge >= 0.3 is 0 Å². The maximum atomic E-state index is 14.7. The number of aromatic hydroxyl groups is 1. The van der Waals surface area contributed by atoms with Gasteiger partial charge in [0.1, 0.15) is 54.2 Å². The fourth-order valence-corrected chi connectivity index (χ4v) is 11.8. The fourth-order valence-electron chi connectivity index (χ4n) is 11.5. The van der Waals surface area contributed by atoms with Gasteiger partial charge in [0.05, 0.1) is 43.5 Å². The number of nitrogens with two attached hydrogens (primary N) is 1. The molecule has 3 aromatic carbocycles. The number of phenols is 1. The van der Waals surface area contributed by atoms with Gasteiger partial charge in [0.15, 0.2) is 11.5 Å². The summed E-state index contributed by atoms with van der Waals surface area (Å²) >= 11 is -0.0195. The number of ether oxygens (including phenoxy) is 2. The van der Waals surface area contributed by atoms with Crippen molar-refractivity contribution < 1.29 is 107 Å². The van der Waals surface area contributed by atoms with Crippen molar-refractivity contribution in [1.82, 2.24) is 36.4 Å². The summed E-state index contributed by atoms with van der Waals surface area (Å²) in [5, 5.41) is 114. The van der Waals surface area contributed by atoms with Gasteiger partial charge in [-0.05, 0) is 86.0 Å². The van der Waals surface area contributed by atoms with Crippen molar-refractivity contribution in [2.24, 2.45) is 11.7 Å². The Bertz CT molecular complexity index is 3020. The molecule has 32 nitrogen and oxygen atoms in total. The van der Waals surface area contributed by atoms with E-state index in [0.717, 1.165) is 90.8 Å². The summed E-state index contributed by atoms with van der Waals surface area (Å²) in [7, 11) is 1.71. The highest BCUT2D eigenvalue weighted by Gasteiger charge is 2.50. The van der Waals surface area contributed by atoms with Crippen molar-refractivity contribution in [2.45, 2.75) is 144 Å². The number of hydrogen-bond donors (Lipinski definition) is 15. The van der Waals surface area contributed by atoms with E-state index in [-0.39, 0.29) is 23.5 Å². The molecular weight excluding hydrogens is 1240 g/mol. The molecule has 0 aliphatic carbocycles. The van der Waals surface area contributed by atoms with Gasteiger partial charge < -0.3 is 106 Å². The molecule has 14 atom stereocenters. The molecule has 16 N–H and O–H groups in total. The summed E-state index contributed by atoms with van der Waals surface area (Å²) in [6.07, 6.45) is -10.7. The van der Waals surface area contributed by atoms with Crippen LogP contribution in [0.15, 0.2) is 66.7 Å². The van der Waals surface area contributed by atoms with E-state index < -0.39 is 183 Å². The number of hydrogen-bond acceptors (Lipinski definition) is 25. The molecule has 0 radical (unpaired) electrons. The number of piperazine rings is 1. The van der Waals surface area contributed by atoms with E-state index in [4.69, 9.17) is 24.6 Å². The molecule has 0 bridgehead atoms. The smallest absolute Gasteiger partial charge is 0.261 e. The van der Waals surface area contributed by atoms with E-state index in [1.807, 2.05) is 24.3 Å². The minimum absolute atomic E-state index is 0.0195. The van der Waals surface area contributed by atoms with Crippen LogP contribution in [0.1, 0.15) is 87.2 Å². The second-order valence-electron chi connectivity index (χ2n) is 23.5. The minimum atomic E-state index is -2.52. The third-order valence-corrected chi connectivity index (χ3v) is 17.0. The Hall–Kier alpha value is -7.67.